The highest BCUT2D eigenvalue weighted by Gasteiger charge is 2.36. The molecule has 0 amide bonds. The van der Waals surface area contributed by atoms with Gasteiger partial charge in [0.05, 0.1) is 12.2 Å². The van der Waals surface area contributed by atoms with Crippen molar-refractivity contribution in [3.63, 3.8) is 0 Å². The molecule has 26 heavy (non-hydrogen) atoms. The van der Waals surface area contributed by atoms with Gasteiger partial charge in [0.1, 0.15) is 0 Å². The van der Waals surface area contributed by atoms with Crippen LogP contribution in [0.25, 0.3) is 0 Å². The van der Waals surface area contributed by atoms with Crippen molar-refractivity contribution in [3.8, 4) is 5.75 Å². The van der Waals surface area contributed by atoms with Crippen LogP contribution in [0.1, 0.15) is 11.3 Å². The number of ether oxygens (including phenoxy) is 1. The molecule has 0 unspecified atom stereocenters. The minimum atomic E-state index is -4.92. The number of nitrogens with two attached hydrogens (primary N) is 1. The normalized spacial score (nSPS) is 13.0. The molecule has 6 nitrogen and oxygen atoms in total. The summed E-state index contributed by atoms with van der Waals surface area (Å²) in [6, 6.07) is 5.02. The van der Waals surface area contributed by atoms with Crippen molar-refractivity contribution in [2.24, 2.45) is 17.8 Å². The molecule has 0 atom stereocenters. The number of hydrogen-bond donors (Lipinski definition) is 2. The van der Waals surface area contributed by atoms with Crippen LogP contribution in [0.5, 0.6) is 5.75 Å². The van der Waals surface area contributed by atoms with Crippen LogP contribution >= 0.6 is 0 Å². The van der Waals surface area contributed by atoms with E-state index in [1.807, 2.05) is 0 Å². The lowest BCUT2D eigenvalue weighted by Gasteiger charge is -2.14. The summed E-state index contributed by atoms with van der Waals surface area (Å²) < 4.78 is 80.4. The Hall–Kier alpha value is -2.92. The predicted octanol–water partition coefficient (Wildman–Crippen LogP) is 3.26. The maximum Gasteiger partial charge on any atom is 0.573 e. The third-order valence-electron chi connectivity index (χ3n) is 2.97. The lowest BCUT2D eigenvalue weighted by Crippen LogP contribution is -2.24. The fourth-order valence-corrected chi connectivity index (χ4v) is 2.02. The lowest BCUT2D eigenvalue weighted by molar-refractivity contribution is -0.274. The van der Waals surface area contributed by atoms with Crippen molar-refractivity contribution < 1.29 is 31.1 Å². The molecule has 0 fully saturated rings. The lowest BCUT2D eigenvalue weighted by atomic mass is 10.2. The zero-order valence-corrected chi connectivity index (χ0v) is 13.2. The summed E-state index contributed by atoms with van der Waals surface area (Å²) in [7, 11) is 1.31. The average Bonchev–Trinajstić information content (AvgIpc) is 2.87. The van der Waals surface area contributed by atoms with Gasteiger partial charge in [0.2, 0.25) is 0 Å². The minimum absolute atomic E-state index is 0.145. The van der Waals surface area contributed by atoms with E-state index >= 15 is 0 Å². The third-order valence-corrected chi connectivity index (χ3v) is 2.97. The zero-order valence-electron chi connectivity index (χ0n) is 13.2. The van der Waals surface area contributed by atoms with E-state index < -0.39 is 30.5 Å². The number of aryl methyl sites for hydroxylation is 1. The van der Waals surface area contributed by atoms with Crippen LogP contribution in [-0.4, -0.2) is 22.1 Å². The Morgan fingerprint density at radius 3 is 2.50 bits per heavy atom. The highest BCUT2D eigenvalue weighted by atomic mass is 19.4. The van der Waals surface area contributed by atoms with Gasteiger partial charge in [0.25, 0.3) is 0 Å². The Labute approximate surface area is 143 Å². The summed E-state index contributed by atoms with van der Waals surface area (Å²) in [6.07, 6.45) is -8.46. The highest BCUT2D eigenvalue weighted by molar-refractivity contribution is 5.93. The molecule has 0 saturated carbocycles. The molecule has 142 valence electrons. The van der Waals surface area contributed by atoms with Gasteiger partial charge in [-0.25, -0.2) is 4.99 Å². The SMILES string of the molecule is Cn1cc(CN=C(N)Nc2ccccc2OC(F)(F)F)c(C(F)(F)F)n1. The zero-order chi connectivity index (χ0) is 19.5. The largest absolute Gasteiger partial charge is 0.573 e. The first-order valence-electron chi connectivity index (χ1n) is 6.97. The van der Waals surface area contributed by atoms with E-state index in [1.54, 1.807) is 0 Å². The predicted molar refractivity (Wildman–Crippen MR) is 80.3 cm³/mol. The Bertz CT molecular complexity index is 796. The first-order chi connectivity index (χ1) is 12.0. The smallest absolute Gasteiger partial charge is 0.404 e. The Kier molecular flexibility index (Phi) is 5.33. The van der Waals surface area contributed by atoms with E-state index in [0.717, 1.165) is 16.9 Å². The molecule has 0 aliphatic carbocycles. The van der Waals surface area contributed by atoms with Crippen molar-refractivity contribution in [3.05, 3.63) is 41.7 Å². The molecule has 1 heterocycles. The van der Waals surface area contributed by atoms with Crippen LogP contribution in [0.2, 0.25) is 0 Å². The number of aromatic nitrogens is 2. The van der Waals surface area contributed by atoms with E-state index in [9.17, 15) is 26.3 Å². The molecule has 0 saturated heterocycles. The molecule has 3 N–H and O–H groups in total. The van der Waals surface area contributed by atoms with E-state index in [1.165, 1.54) is 25.2 Å². The van der Waals surface area contributed by atoms with Gasteiger partial charge < -0.3 is 15.8 Å². The average molecular weight is 381 g/mol. The van der Waals surface area contributed by atoms with E-state index in [4.69, 9.17) is 5.73 Å². The van der Waals surface area contributed by atoms with Crippen molar-refractivity contribution in [1.82, 2.24) is 9.78 Å². The molecule has 0 spiro atoms. The third kappa shape index (κ3) is 5.29. The van der Waals surface area contributed by atoms with Gasteiger partial charge in [-0.1, -0.05) is 12.1 Å². The standard InChI is InChI=1S/C14H13F6N5O/c1-25-7-8(11(24-25)13(15,16)17)6-22-12(21)23-9-4-2-3-5-10(9)26-14(18,19)20/h2-5,7H,6H2,1H3,(H3,21,22,23). The van der Waals surface area contributed by atoms with Gasteiger partial charge in [-0.15, -0.1) is 13.2 Å². The summed E-state index contributed by atoms with van der Waals surface area (Å²) in [4.78, 5) is 3.71. The van der Waals surface area contributed by atoms with Crippen LogP contribution in [0, 0.1) is 0 Å². The second-order valence-corrected chi connectivity index (χ2v) is 5.04. The fourth-order valence-electron chi connectivity index (χ4n) is 2.02. The molecule has 0 bridgehead atoms. The van der Waals surface area contributed by atoms with Crippen LogP contribution in [-0.2, 0) is 19.8 Å². The number of rotatable bonds is 4. The summed E-state index contributed by atoms with van der Waals surface area (Å²) >= 11 is 0. The second kappa shape index (κ2) is 7.14. The Morgan fingerprint density at radius 2 is 1.88 bits per heavy atom. The van der Waals surface area contributed by atoms with Crippen molar-refractivity contribution in [2.75, 3.05) is 5.32 Å². The monoisotopic (exact) mass is 381 g/mol. The Balaban J connectivity index is 2.16. The van der Waals surface area contributed by atoms with Crippen molar-refractivity contribution in [2.45, 2.75) is 19.1 Å². The number of nitrogens with zero attached hydrogens (tertiary/aromatic N) is 3. The summed E-state index contributed by atoms with van der Waals surface area (Å²) in [5.41, 5.74) is 4.06. The first kappa shape index (κ1) is 19.4. The molecule has 2 aromatic rings. The van der Waals surface area contributed by atoms with Gasteiger partial charge >= 0.3 is 12.5 Å². The topological polar surface area (TPSA) is 77.5 Å². The number of hydrogen-bond acceptors (Lipinski definition) is 3. The number of para-hydroxylation sites is 2. The number of anilines is 1. The van der Waals surface area contributed by atoms with Gasteiger partial charge in [0, 0.05) is 18.8 Å². The maximum atomic E-state index is 12.8. The molecular weight excluding hydrogens is 368 g/mol. The molecule has 12 heteroatoms. The molecule has 2 rings (SSSR count). The van der Waals surface area contributed by atoms with Gasteiger partial charge in [-0.2, -0.15) is 18.3 Å². The van der Waals surface area contributed by atoms with E-state index in [2.05, 4.69) is 20.1 Å². The van der Waals surface area contributed by atoms with Crippen LogP contribution in [0.3, 0.4) is 0 Å². The van der Waals surface area contributed by atoms with E-state index in [-0.39, 0.29) is 17.2 Å². The van der Waals surface area contributed by atoms with E-state index in [0.29, 0.717) is 0 Å². The summed E-state index contributed by atoms with van der Waals surface area (Å²) in [5.74, 6) is -0.948. The molecule has 0 radical (unpaired) electrons. The highest BCUT2D eigenvalue weighted by Crippen LogP contribution is 2.31. The number of aliphatic imine (C=N–C) groups is 1. The molecule has 0 aliphatic heterocycles. The molecule has 0 aliphatic rings. The number of alkyl halides is 6. The minimum Gasteiger partial charge on any atom is -0.404 e. The summed E-state index contributed by atoms with van der Waals surface area (Å²) in [5, 5.41) is 5.68. The number of benzene rings is 1. The first-order valence-corrected chi connectivity index (χ1v) is 6.97. The van der Waals surface area contributed by atoms with Crippen LogP contribution in [0.4, 0.5) is 32.0 Å². The van der Waals surface area contributed by atoms with Gasteiger partial charge in [-0.05, 0) is 12.1 Å². The summed E-state index contributed by atoms with van der Waals surface area (Å²) in [6.45, 7) is -0.468. The number of halogens is 6. The number of nitrogens with one attached hydrogen (secondary N) is 1. The quantitative estimate of drug-likeness (QED) is 0.484. The Morgan fingerprint density at radius 1 is 1.23 bits per heavy atom. The van der Waals surface area contributed by atoms with Crippen LogP contribution < -0.4 is 15.8 Å². The molecule has 1 aromatic carbocycles. The van der Waals surface area contributed by atoms with Crippen LogP contribution in [0.15, 0.2) is 35.5 Å². The second-order valence-electron chi connectivity index (χ2n) is 5.04. The molecule has 1 aromatic heterocycles. The van der Waals surface area contributed by atoms with Crippen molar-refractivity contribution in [1.29, 1.82) is 0 Å². The van der Waals surface area contributed by atoms with Gasteiger partial charge in [-0.3, -0.25) is 4.68 Å². The fraction of sp³-hybridized carbons (Fsp3) is 0.286. The van der Waals surface area contributed by atoms with Gasteiger partial charge in [0.15, 0.2) is 17.4 Å². The number of guanidine groups is 1. The van der Waals surface area contributed by atoms with Crippen molar-refractivity contribution >= 4 is 11.6 Å². The molecular formula is C14H13F6N5O. The maximum absolute atomic E-state index is 12.8.